The summed E-state index contributed by atoms with van der Waals surface area (Å²) in [5, 5.41) is 3.45. The highest BCUT2D eigenvalue weighted by molar-refractivity contribution is 5.80. The number of allylic oxidation sites excluding steroid dienone is 2. The van der Waals surface area contributed by atoms with Crippen LogP contribution in [-0.2, 0) is 0 Å². The van der Waals surface area contributed by atoms with Gasteiger partial charge in [-0.05, 0) is 52.0 Å². The predicted molar refractivity (Wildman–Crippen MR) is 122 cm³/mol. The van der Waals surface area contributed by atoms with Crippen molar-refractivity contribution in [1.29, 1.82) is 0 Å². The molecule has 1 aliphatic carbocycles. The zero-order valence-corrected chi connectivity index (χ0v) is 18.3. The van der Waals surface area contributed by atoms with Crippen molar-refractivity contribution in [1.82, 2.24) is 29.7 Å². The standard InChI is InChI=1S/C14H14N6.C9H17N/c1-3-11(12-7-17-13(15)19-9(12)2)10-6-18-14-16-4-5-20(14)8-10;1-4-8(2)10-9(3)6-5-7-9/h3-8H,1-2H3,(H2,15,17,19);10H,2,4-7H2,1,3H3/b11-3-;. The van der Waals surface area contributed by atoms with Gasteiger partial charge in [-0.15, -0.1) is 0 Å². The molecule has 0 radical (unpaired) electrons. The van der Waals surface area contributed by atoms with E-state index in [1.165, 1.54) is 25.0 Å². The first-order valence-corrected chi connectivity index (χ1v) is 10.4. The molecule has 3 heterocycles. The number of nitrogens with two attached hydrogens (primary N) is 1. The molecule has 0 aliphatic heterocycles. The molecule has 1 saturated carbocycles. The fraction of sp³-hybridized carbons (Fsp3) is 0.391. The Labute approximate surface area is 178 Å². The molecular formula is C23H31N7. The average Bonchev–Trinajstić information content (AvgIpc) is 3.17. The second-order valence-electron chi connectivity index (χ2n) is 7.90. The summed E-state index contributed by atoms with van der Waals surface area (Å²) in [6, 6.07) is 0. The van der Waals surface area contributed by atoms with Crippen LogP contribution in [-0.4, -0.2) is 29.9 Å². The van der Waals surface area contributed by atoms with Gasteiger partial charge >= 0.3 is 0 Å². The van der Waals surface area contributed by atoms with Gasteiger partial charge in [0.25, 0.3) is 0 Å². The summed E-state index contributed by atoms with van der Waals surface area (Å²) in [7, 11) is 0. The van der Waals surface area contributed by atoms with Gasteiger partial charge in [-0.25, -0.2) is 19.9 Å². The molecule has 3 aromatic heterocycles. The summed E-state index contributed by atoms with van der Waals surface area (Å²) in [6.07, 6.45) is 16.2. The highest BCUT2D eigenvalue weighted by Crippen LogP contribution is 2.31. The number of hydrogen-bond acceptors (Lipinski definition) is 6. The summed E-state index contributed by atoms with van der Waals surface area (Å²) in [4.78, 5) is 16.7. The Balaban J connectivity index is 0.000000216. The third-order valence-corrected chi connectivity index (χ3v) is 5.50. The lowest BCUT2D eigenvalue weighted by Crippen LogP contribution is -2.47. The van der Waals surface area contributed by atoms with Gasteiger partial charge in [-0.3, -0.25) is 4.40 Å². The minimum absolute atomic E-state index is 0.282. The van der Waals surface area contributed by atoms with Crippen LogP contribution < -0.4 is 11.1 Å². The zero-order valence-electron chi connectivity index (χ0n) is 18.3. The van der Waals surface area contributed by atoms with E-state index in [0.717, 1.165) is 28.8 Å². The van der Waals surface area contributed by atoms with Crippen LogP contribution in [0.1, 0.15) is 63.3 Å². The van der Waals surface area contributed by atoms with Gasteiger partial charge in [0.15, 0.2) is 0 Å². The molecule has 7 nitrogen and oxygen atoms in total. The number of anilines is 1. The molecule has 3 aromatic rings. The molecule has 7 heteroatoms. The minimum Gasteiger partial charge on any atom is -0.384 e. The number of nitrogen functional groups attached to an aromatic ring is 1. The maximum absolute atomic E-state index is 5.60. The number of aromatic nitrogens is 5. The number of hydrogen-bond donors (Lipinski definition) is 2. The van der Waals surface area contributed by atoms with E-state index in [0.29, 0.717) is 11.3 Å². The first kappa shape index (κ1) is 21.5. The average molecular weight is 406 g/mol. The molecule has 0 atom stereocenters. The highest BCUT2D eigenvalue weighted by atomic mass is 15.1. The second kappa shape index (κ2) is 9.07. The molecule has 158 valence electrons. The van der Waals surface area contributed by atoms with Crippen LogP contribution in [0.3, 0.4) is 0 Å². The Kier molecular flexibility index (Phi) is 6.50. The van der Waals surface area contributed by atoms with Gasteiger partial charge in [-0.2, -0.15) is 0 Å². The maximum Gasteiger partial charge on any atom is 0.233 e. The molecule has 4 rings (SSSR count). The van der Waals surface area contributed by atoms with Crippen molar-refractivity contribution in [3.8, 4) is 0 Å². The van der Waals surface area contributed by atoms with E-state index in [4.69, 9.17) is 5.73 Å². The van der Waals surface area contributed by atoms with Crippen LogP contribution in [0.25, 0.3) is 11.4 Å². The molecule has 30 heavy (non-hydrogen) atoms. The van der Waals surface area contributed by atoms with Crippen LogP contribution in [0, 0.1) is 6.92 Å². The Morgan fingerprint density at radius 3 is 2.67 bits per heavy atom. The van der Waals surface area contributed by atoms with Crippen LogP contribution >= 0.6 is 0 Å². The summed E-state index contributed by atoms with van der Waals surface area (Å²) in [6.45, 7) is 12.2. The van der Waals surface area contributed by atoms with Crippen LogP contribution in [0.15, 0.2) is 49.3 Å². The summed E-state index contributed by atoms with van der Waals surface area (Å²) < 4.78 is 1.88. The summed E-state index contributed by atoms with van der Waals surface area (Å²) in [5.41, 5.74) is 11.0. The van der Waals surface area contributed by atoms with Gasteiger partial charge < -0.3 is 11.1 Å². The number of aryl methyl sites for hydroxylation is 1. The fourth-order valence-electron chi connectivity index (χ4n) is 3.53. The van der Waals surface area contributed by atoms with Crippen LogP contribution in [0.4, 0.5) is 5.95 Å². The van der Waals surface area contributed by atoms with E-state index in [1.54, 1.807) is 18.6 Å². The molecule has 0 spiro atoms. The molecule has 0 saturated heterocycles. The zero-order chi connectivity index (χ0) is 21.7. The van der Waals surface area contributed by atoms with E-state index in [2.05, 4.69) is 45.7 Å². The highest BCUT2D eigenvalue weighted by Gasteiger charge is 2.31. The molecule has 1 fully saturated rings. The number of nitrogens with zero attached hydrogens (tertiary/aromatic N) is 5. The van der Waals surface area contributed by atoms with Gasteiger partial charge in [0.1, 0.15) is 0 Å². The summed E-state index contributed by atoms with van der Waals surface area (Å²) in [5.74, 6) is 0.958. The first-order valence-electron chi connectivity index (χ1n) is 10.4. The SMILES string of the molecule is C/C=C(/c1cnc2nccn2c1)c1cnc(N)nc1C.C=C(CC)NC1(C)CCC1. The van der Waals surface area contributed by atoms with Crippen LogP contribution in [0.2, 0.25) is 0 Å². The number of nitrogens with one attached hydrogen (secondary N) is 1. The normalized spacial score (nSPS) is 15.1. The Bertz CT molecular complexity index is 1060. The van der Waals surface area contributed by atoms with E-state index in [9.17, 15) is 0 Å². The molecule has 0 unspecified atom stereocenters. The molecule has 0 amide bonds. The lowest BCUT2D eigenvalue weighted by atomic mass is 9.78. The maximum atomic E-state index is 5.60. The van der Waals surface area contributed by atoms with Crippen molar-refractivity contribution in [2.75, 3.05) is 5.73 Å². The van der Waals surface area contributed by atoms with Crippen LogP contribution in [0.5, 0.6) is 0 Å². The number of rotatable bonds is 5. The van der Waals surface area contributed by atoms with Crippen molar-refractivity contribution >= 4 is 17.3 Å². The van der Waals surface area contributed by atoms with Crippen molar-refractivity contribution in [2.24, 2.45) is 0 Å². The Morgan fingerprint density at radius 2 is 2.07 bits per heavy atom. The van der Waals surface area contributed by atoms with Gasteiger partial charge in [0.2, 0.25) is 11.7 Å². The van der Waals surface area contributed by atoms with Crippen molar-refractivity contribution in [3.63, 3.8) is 0 Å². The number of imidazole rings is 1. The quantitative estimate of drug-likeness (QED) is 0.657. The largest absolute Gasteiger partial charge is 0.384 e. The Morgan fingerprint density at radius 1 is 1.30 bits per heavy atom. The summed E-state index contributed by atoms with van der Waals surface area (Å²) >= 11 is 0. The minimum atomic E-state index is 0.282. The Hall–Kier alpha value is -3.22. The molecule has 1 aliphatic rings. The molecule has 3 N–H and O–H groups in total. The van der Waals surface area contributed by atoms with Crippen molar-refractivity contribution in [3.05, 3.63) is 66.2 Å². The van der Waals surface area contributed by atoms with Crippen molar-refractivity contribution < 1.29 is 0 Å². The van der Waals surface area contributed by atoms with E-state index in [1.807, 2.05) is 36.7 Å². The van der Waals surface area contributed by atoms with Gasteiger partial charge in [0.05, 0.1) is 5.69 Å². The molecule has 0 aromatic carbocycles. The topological polar surface area (TPSA) is 94.0 Å². The van der Waals surface area contributed by atoms with Crippen molar-refractivity contribution in [2.45, 2.75) is 58.9 Å². The lowest BCUT2D eigenvalue weighted by molar-refractivity contribution is 0.226. The fourth-order valence-corrected chi connectivity index (χ4v) is 3.53. The van der Waals surface area contributed by atoms with Gasteiger partial charge in [-0.1, -0.05) is 19.6 Å². The van der Waals surface area contributed by atoms with E-state index >= 15 is 0 Å². The molecule has 0 bridgehead atoms. The monoisotopic (exact) mass is 405 g/mol. The van der Waals surface area contributed by atoms with E-state index < -0.39 is 0 Å². The smallest absolute Gasteiger partial charge is 0.233 e. The third kappa shape index (κ3) is 4.84. The third-order valence-electron chi connectivity index (χ3n) is 5.50. The first-order chi connectivity index (χ1) is 14.3. The number of fused-ring (bicyclic) bond motifs is 1. The second-order valence-corrected chi connectivity index (χ2v) is 7.90. The molecular weight excluding hydrogens is 374 g/mol. The lowest BCUT2D eigenvalue weighted by Gasteiger charge is -2.40. The predicted octanol–water partition coefficient (Wildman–Crippen LogP) is 4.30. The van der Waals surface area contributed by atoms with Gasteiger partial charge in [0, 0.05) is 53.3 Å². The van der Waals surface area contributed by atoms with E-state index in [-0.39, 0.29) is 5.95 Å².